The van der Waals surface area contributed by atoms with Crippen molar-refractivity contribution < 1.29 is 4.74 Å². The summed E-state index contributed by atoms with van der Waals surface area (Å²) < 4.78 is 5.61. The molecule has 2 N–H and O–H groups in total. The number of likely N-dealkylation sites (N-methyl/N-ethyl adjacent to an activating group) is 1. The SMILES string of the molecule is Cc1nc(NCC2CN(C)CCO2)cc(=O)[nH]1. The van der Waals surface area contributed by atoms with Crippen molar-refractivity contribution >= 4 is 5.82 Å². The van der Waals surface area contributed by atoms with E-state index in [1.165, 1.54) is 6.07 Å². The lowest BCUT2D eigenvalue weighted by atomic mass is 10.3. The largest absolute Gasteiger partial charge is 0.374 e. The molecule has 0 aliphatic carbocycles. The Hall–Kier alpha value is -1.40. The Bertz CT molecular complexity index is 432. The lowest BCUT2D eigenvalue weighted by Crippen LogP contribution is -2.43. The van der Waals surface area contributed by atoms with Crippen LogP contribution in [0.15, 0.2) is 10.9 Å². The molecule has 1 aromatic heterocycles. The highest BCUT2D eigenvalue weighted by molar-refractivity contribution is 5.32. The predicted molar refractivity (Wildman–Crippen MR) is 65.3 cm³/mol. The number of nitrogens with one attached hydrogen (secondary N) is 2. The molecule has 0 bridgehead atoms. The number of hydrogen-bond acceptors (Lipinski definition) is 5. The standard InChI is InChI=1S/C11H18N4O2/c1-8-13-10(5-11(16)14-8)12-6-9-7-15(2)3-4-17-9/h5,9H,3-4,6-7H2,1-2H3,(H2,12,13,14,16). The number of ether oxygens (including phenoxy) is 1. The van der Waals surface area contributed by atoms with Crippen LogP contribution in [0, 0.1) is 6.92 Å². The number of anilines is 1. The number of aryl methyl sites for hydroxylation is 1. The molecule has 1 aliphatic heterocycles. The van der Waals surface area contributed by atoms with Crippen LogP contribution in [0.25, 0.3) is 0 Å². The van der Waals surface area contributed by atoms with Gasteiger partial charge >= 0.3 is 0 Å². The highest BCUT2D eigenvalue weighted by Crippen LogP contribution is 2.05. The van der Waals surface area contributed by atoms with E-state index in [4.69, 9.17) is 4.74 Å². The van der Waals surface area contributed by atoms with Gasteiger partial charge in [0.15, 0.2) is 0 Å². The summed E-state index contributed by atoms with van der Waals surface area (Å²) in [5.74, 6) is 1.21. The normalized spacial score (nSPS) is 21.4. The summed E-state index contributed by atoms with van der Waals surface area (Å²) in [4.78, 5) is 20.3. The van der Waals surface area contributed by atoms with Crippen molar-refractivity contribution in [3.63, 3.8) is 0 Å². The molecule has 1 aliphatic rings. The Labute approximate surface area is 100 Å². The van der Waals surface area contributed by atoms with E-state index in [9.17, 15) is 4.79 Å². The van der Waals surface area contributed by atoms with Crippen LogP contribution in [-0.2, 0) is 4.74 Å². The number of hydrogen-bond donors (Lipinski definition) is 2. The van der Waals surface area contributed by atoms with Crippen LogP contribution in [0.2, 0.25) is 0 Å². The van der Waals surface area contributed by atoms with Crippen LogP contribution >= 0.6 is 0 Å². The molecular weight excluding hydrogens is 220 g/mol. The lowest BCUT2D eigenvalue weighted by Gasteiger charge is -2.30. The first-order valence-corrected chi connectivity index (χ1v) is 5.75. The molecule has 1 atom stereocenters. The molecule has 0 aromatic carbocycles. The van der Waals surface area contributed by atoms with E-state index in [2.05, 4.69) is 27.2 Å². The van der Waals surface area contributed by atoms with Crippen molar-refractivity contribution in [3.8, 4) is 0 Å². The molecule has 1 unspecified atom stereocenters. The van der Waals surface area contributed by atoms with Crippen molar-refractivity contribution in [1.82, 2.24) is 14.9 Å². The predicted octanol–water partition coefficient (Wildman–Crippen LogP) is -0.179. The Morgan fingerprint density at radius 1 is 1.71 bits per heavy atom. The third-order valence-electron chi connectivity index (χ3n) is 2.71. The lowest BCUT2D eigenvalue weighted by molar-refractivity contribution is -0.0117. The van der Waals surface area contributed by atoms with Crippen molar-refractivity contribution in [2.75, 3.05) is 38.6 Å². The van der Waals surface area contributed by atoms with E-state index in [0.29, 0.717) is 18.2 Å². The Balaban J connectivity index is 1.90. The molecule has 6 heteroatoms. The van der Waals surface area contributed by atoms with Gasteiger partial charge in [0.1, 0.15) is 11.6 Å². The van der Waals surface area contributed by atoms with Gasteiger partial charge in [-0.1, -0.05) is 0 Å². The summed E-state index contributed by atoms with van der Waals surface area (Å²) in [5.41, 5.74) is -0.137. The topological polar surface area (TPSA) is 70.2 Å². The number of aromatic nitrogens is 2. The van der Waals surface area contributed by atoms with E-state index in [1.54, 1.807) is 6.92 Å². The molecule has 2 heterocycles. The van der Waals surface area contributed by atoms with E-state index in [-0.39, 0.29) is 11.7 Å². The molecular formula is C11H18N4O2. The van der Waals surface area contributed by atoms with E-state index >= 15 is 0 Å². The molecule has 0 amide bonds. The minimum absolute atomic E-state index is 0.137. The Morgan fingerprint density at radius 2 is 2.53 bits per heavy atom. The van der Waals surface area contributed by atoms with Gasteiger partial charge in [0.05, 0.1) is 12.7 Å². The van der Waals surface area contributed by atoms with Crippen molar-refractivity contribution in [1.29, 1.82) is 0 Å². The van der Waals surface area contributed by atoms with E-state index in [0.717, 1.165) is 19.7 Å². The first-order chi connectivity index (χ1) is 8.13. The first-order valence-electron chi connectivity index (χ1n) is 5.75. The minimum atomic E-state index is -0.137. The van der Waals surface area contributed by atoms with Crippen LogP contribution < -0.4 is 10.9 Å². The van der Waals surface area contributed by atoms with Crippen molar-refractivity contribution in [3.05, 3.63) is 22.2 Å². The maximum absolute atomic E-state index is 11.2. The molecule has 0 radical (unpaired) electrons. The monoisotopic (exact) mass is 238 g/mol. The summed E-state index contributed by atoms with van der Waals surface area (Å²) in [6.07, 6.45) is 0.148. The molecule has 6 nitrogen and oxygen atoms in total. The molecule has 1 aromatic rings. The molecule has 1 fully saturated rings. The third kappa shape index (κ3) is 3.54. The first kappa shape index (κ1) is 12.1. The zero-order valence-electron chi connectivity index (χ0n) is 10.2. The molecule has 2 rings (SSSR count). The van der Waals surface area contributed by atoms with Crippen molar-refractivity contribution in [2.45, 2.75) is 13.0 Å². The highest BCUT2D eigenvalue weighted by atomic mass is 16.5. The average Bonchev–Trinajstić information content (AvgIpc) is 2.25. The molecule has 94 valence electrons. The van der Waals surface area contributed by atoms with E-state index < -0.39 is 0 Å². The van der Waals surface area contributed by atoms with Crippen LogP contribution in [0.5, 0.6) is 0 Å². The maximum Gasteiger partial charge on any atom is 0.252 e. The van der Waals surface area contributed by atoms with Gasteiger partial charge in [-0.15, -0.1) is 0 Å². The fraction of sp³-hybridized carbons (Fsp3) is 0.636. The molecule has 0 spiro atoms. The summed E-state index contributed by atoms with van der Waals surface area (Å²) in [6, 6.07) is 1.46. The van der Waals surface area contributed by atoms with Crippen LogP contribution in [0.1, 0.15) is 5.82 Å². The molecule has 0 saturated carbocycles. The second kappa shape index (κ2) is 5.29. The fourth-order valence-corrected chi connectivity index (χ4v) is 1.88. The highest BCUT2D eigenvalue weighted by Gasteiger charge is 2.17. The van der Waals surface area contributed by atoms with Crippen LogP contribution in [0.3, 0.4) is 0 Å². The summed E-state index contributed by atoms with van der Waals surface area (Å²) in [7, 11) is 2.07. The van der Waals surface area contributed by atoms with Gasteiger partial charge in [-0.25, -0.2) is 4.98 Å². The van der Waals surface area contributed by atoms with Gasteiger partial charge in [-0.2, -0.15) is 0 Å². The summed E-state index contributed by atoms with van der Waals surface area (Å²) in [5, 5.41) is 3.13. The molecule has 17 heavy (non-hydrogen) atoms. The Kier molecular flexibility index (Phi) is 3.75. The van der Waals surface area contributed by atoms with Crippen LogP contribution in [0.4, 0.5) is 5.82 Å². The summed E-state index contributed by atoms with van der Waals surface area (Å²) in [6.45, 7) is 5.05. The van der Waals surface area contributed by atoms with E-state index in [1.807, 2.05) is 0 Å². The zero-order valence-corrected chi connectivity index (χ0v) is 10.2. The fourth-order valence-electron chi connectivity index (χ4n) is 1.88. The van der Waals surface area contributed by atoms with Gasteiger partial charge in [0, 0.05) is 25.7 Å². The average molecular weight is 238 g/mol. The number of nitrogens with zero attached hydrogens (tertiary/aromatic N) is 2. The van der Waals surface area contributed by atoms with Gasteiger partial charge in [-0.3, -0.25) is 4.79 Å². The van der Waals surface area contributed by atoms with Gasteiger partial charge in [-0.05, 0) is 14.0 Å². The second-order valence-corrected chi connectivity index (χ2v) is 4.35. The Morgan fingerprint density at radius 3 is 3.24 bits per heavy atom. The minimum Gasteiger partial charge on any atom is -0.374 e. The summed E-state index contributed by atoms with van der Waals surface area (Å²) >= 11 is 0. The number of morpholine rings is 1. The quantitative estimate of drug-likeness (QED) is 0.764. The third-order valence-corrected chi connectivity index (χ3v) is 2.71. The smallest absolute Gasteiger partial charge is 0.252 e. The molecule has 1 saturated heterocycles. The van der Waals surface area contributed by atoms with Gasteiger partial charge < -0.3 is 19.9 Å². The van der Waals surface area contributed by atoms with Gasteiger partial charge in [0.25, 0.3) is 5.56 Å². The number of aromatic amines is 1. The number of rotatable bonds is 3. The number of H-pyrrole nitrogens is 1. The van der Waals surface area contributed by atoms with Gasteiger partial charge in [0.2, 0.25) is 0 Å². The second-order valence-electron chi connectivity index (χ2n) is 4.35. The van der Waals surface area contributed by atoms with Crippen LogP contribution in [-0.4, -0.2) is 54.3 Å². The zero-order chi connectivity index (χ0) is 12.3. The van der Waals surface area contributed by atoms with Crippen molar-refractivity contribution in [2.24, 2.45) is 0 Å². The maximum atomic E-state index is 11.2.